The molecule has 2 aromatic rings. The average Bonchev–Trinajstić information content (AvgIpc) is 2.52. The average molecular weight is 287 g/mol. The molecule has 0 fully saturated rings. The molecule has 5 nitrogen and oxygen atoms in total. The van der Waals surface area contributed by atoms with Gasteiger partial charge in [0.15, 0.2) is 5.75 Å². The summed E-state index contributed by atoms with van der Waals surface area (Å²) < 4.78 is 11.0. The number of ether oxygens (including phenoxy) is 2. The molecular formula is C16H21N3O2. The van der Waals surface area contributed by atoms with E-state index in [2.05, 4.69) is 9.97 Å². The van der Waals surface area contributed by atoms with Gasteiger partial charge in [0.2, 0.25) is 0 Å². The molecule has 5 heteroatoms. The molecule has 0 aliphatic rings. The third kappa shape index (κ3) is 3.92. The van der Waals surface area contributed by atoms with Crippen LogP contribution in [0.5, 0.6) is 11.5 Å². The van der Waals surface area contributed by atoms with E-state index in [1.165, 1.54) is 0 Å². The lowest BCUT2D eigenvalue weighted by Gasteiger charge is -2.12. The molecule has 0 saturated carbocycles. The molecule has 0 spiro atoms. The third-order valence-corrected chi connectivity index (χ3v) is 3.09. The summed E-state index contributed by atoms with van der Waals surface area (Å²) >= 11 is 0. The maximum Gasteiger partial charge on any atom is 0.160 e. The van der Waals surface area contributed by atoms with Crippen molar-refractivity contribution in [1.29, 1.82) is 0 Å². The second kappa shape index (κ2) is 7.04. The smallest absolute Gasteiger partial charge is 0.160 e. The highest BCUT2D eigenvalue weighted by molar-refractivity contribution is 5.29. The van der Waals surface area contributed by atoms with Gasteiger partial charge in [0.1, 0.15) is 18.2 Å². The highest BCUT2D eigenvalue weighted by atomic mass is 16.5. The molecule has 21 heavy (non-hydrogen) atoms. The highest BCUT2D eigenvalue weighted by Gasteiger charge is 2.10. The van der Waals surface area contributed by atoms with E-state index >= 15 is 0 Å². The van der Waals surface area contributed by atoms with Crippen LogP contribution in [0, 0.1) is 0 Å². The molecule has 0 amide bonds. The second-order valence-electron chi connectivity index (χ2n) is 5.04. The third-order valence-electron chi connectivity index (χ3n) is 3.09. The molecule has 0 radical (unpaired) electrons. The molecule has 112 valence electrons. The summed E-state index contributed by atoms with van der Waals surface area (Å²) in [5.74, 6) is 2.48. The quantitative estimate of drug-likeness (QED) is 0.884. The van der Waals surface area contributed by atoms with Crippen molar-refractivity contribution in [2.45, 2.75) is 32.9 Å². The fourth-order valence-electron chi connectivity index (χ4n) is 1.89. The molecular weight excluding hydrogens is 266 g/mol. The standard InChI is InChI=1S/C16H21N3O2/c1-11(2)16-18-9-15(14(8-17)19-16)21-10-12-5-4-6-13(7-12)20-3/h4-7,9,11H,8,10,17H2,1-3H3. The summed E-state index contributed by atoms with van der Waals surface area (Å²) in [6.07, 6.45) is 1.70. The molecule has 0 bridgehead atoms. The van der Waals surface area contributed by atoms with E-state index in [1.54, 1.807) is 13.3 Å². The zero-order valence-electron chi connectivity index (χ0n) is 12.7. The Morgan fingerprint density at radius 3 is 2.76 bits per heavy atom. The molecule has 2 N–H and O–H groups in total. The molecule has 2 rings (SSSR count). The summed E-state index contributed by atoms with van der Waals surface area (Å²) in [5.41, 5.74) is 7.50. The zero-order chi connectivity index (χ0) is 15.2. The number of nitrogens with zero attached hydrogens (tertiary/aromatic N) is 2. The number of hydrogen-bond donors (Lipinski definition) is 1. The van der Waals surface area contributed by atoms with E-state index in [9.17, 15) is 0 Å². The Morgan fingerprint density at radius 2 is 2.10 bits per heavy atom. The highest BCUT2D eigenvalue weighted by Crippen LogP contribution is 2.20. The molecule has 0 saturated heterocycles. The van der Waals surface area contributed by atoms with Gasteiger partial charge in [0.05, 0.1) is 19.0 Å². The van der Waals surface area contributed by atoms with Gasteiger partial charge in [-0.1, -0.05) is 26.0 Å². The maximum absolute atomic E-state index is 5.79. The summed E-state index contributed by atoms with van der Waals surface area (Å²) in [6.45, 7) is 4.85. The van der Waals surface area contributed by atoms with Crippen LogP contribution in [0.25, 0.3) is 0 Å². The van der Waals surface area contributed by atoms with E-state index in [-0.39, 0.29) is 5.92 Å². The Bertz CT molecular complexity index is 600. The minimum atomic E-state index is 0.266. The van der Waals surface area contributed by atoms with Gasteiger partial charge in [-0.3, -0.25) is 0 Å². The molecule has 0 atom stereocenters. The van der Waals surface area contributed by atoms with Crippen molar-refractivity contribution in [3.05, 3.63) is 47.5 Å². The first-order chi connectivity index (χ1) is 10.1. The predicted molar refractivity (Wildman–Crippen MR) is 81.3 cm³/mol. The Hall–Kier alpha value is -2.14. The largest absolute Gasteiger partial charge is 0.497 e. The number of nitrogens with two attached hydrogens (primary N) is 1. The van der Waals surface area contributed by atoms with Crippen molar-refractivity contribution in [2.24, 2.45) is 5.73 Å². The van der Waals surface area contributed by atoms with E-state index in [0.717, 1.165) is 22.8 Å². The van der Waals surface area contributed by atoms with Gasteiger partial charge < -0.3 is 15.2 Å². The van der Waals surface area contributed by atoms with Gasteiger partial charge in [0, 0.05) is 12.5 Å². The lowest BCUT2D eigenvalue weighted by molar-refractivity contribution is 0.298. The number of aromatic nitrogens is 2. The van der Waals surface area contributed by atoms with Crippen molar-refractivity contribution in [1.82, 2.24) is 9.97 Å². The van der Waals surface area contributed by atoms with Crippen molar-refractivity contribution in [2.75, 3.05) is 7.11 Å². The molecule has 1 heterocycles. The fraction of sp³-hybridized carbons (Fsp3) is 0.375. The molecule has 0 aliphatic carbocycles. The van der Waals surface area contributed by atoms with Crippen LogP contribution in [0.2, 0.25) is 0 Å². The summed E-state index contributed by atoms with van der Waals surface area (Å²) in [5, 5.41) is 0. The van der Waals surface area contributed by atoms with E-state index in [4.69, 9.17) is 15.2 Å². The van der Waals surface area contributed by atoms with Crippen molar-refractivity contribution in [3.8, 4) is 11.5 Å². The Kier molecular flexibility index (Phi) is 5.11. The van der Waals surface area contributed by atoms with Crippen molar-refractivity contribution >= 4 is 0 Å². The topological polar surface area (TPSA) is 70.3 Å². The lowest BCUT2D eigenvalue weighted by atomic mass is 10.2. The van der Waals surface area contributed by atoms with Crippen LogP contribution in [-0.2, 0) is 13.2 Å². The molecule has 1 aromatic heterocycles. The second-order valence-corrected chi connectivity index (χ2v) is 5.04. The number of benzene rings is 1. The predicted octanol–water partition coefficient (Wildman–Crippen LogP) is 2.65. The molecule has 0 aliphatic heterocycles. The van der Waals surface area contributed by atoms with Crippen molar-refractivity contribution < 1.29 is 9.47 Å². The van der Waals surface area contributed by atoms with E-state index < -0.39 is 0 Å². The number of hydrogen-bond acceptors (Lipinski definition) is 5. The van der Waals surface area contributed by atoms with Gasteiger partial charge >= 0.3 is 0 Å². The summed E-state index contributed by atoms with van der Waals surface area (Å²) in [7, 11) is 1.64. The minimum Gasteiger partial charge on any atom is -0.497 e. The van der Waals surface area contributed by atoms with Crippen LogP contribution in [-0.4, -0.2) is 17.1 Å². The number of methoxy groups -OCH3 is 1. The van der Waals surface area contributed by atoms with E-state index in [0.29, 0.717) is 18.9 Å². The summed E-state index contributed by atoms with van der Waals surface area (Å²) in [4.78, 5) is 8.77. The van der Waals surface area contributed by atoms with Crippen LogP contribution in [0.1, 0.15) is 36.8 Å². The van der Waals surface area contributed by atoms with Crippen LogP contribution in [0.4, 0.5) is 0 Å². The van der Waals surface area contributed by atoms with Gasteiger partial charge in [-0.15, -0.1) is 0 Å². The first-order valence-corrected chi connectivity index (χ1v) is 6.95. The van der Waals surface area contributed by atoms with Crippen LogP contribution >= 0.6 is 0 Å². The summed E-state index contributed by atoms with van der Waals surface area (Å²) in [6, 6.07) is 7.74. The molecule has 0 unspecified atom stereocenters. The Morgan fingerprint density at radius 1 is 1.29 bits per heavy atom. The fourth-order valence-corrected chi connectivity index (χ4v) is 1.89. The van der Waals surface area contributed by atoms with Gasteiger partial charge in [-0.25, -0.2) is 9.97 Å². The normalized spacial score (nSPS) is 10.7. The zero-order valence-corrected chi connectivity index (χ0v) is 12.7. The van der Waals surface area contributed by atoms with Crippen LogP contribution in [0.3, 0.4) is 0 Å². The SMILES string of the molecule is COc1cccc(COc2cnc(C(C)C)nc2CN)c1. The molecule has 1 aromatic carbocycles. The Balaban J connectivity index is 2.12. The first kappa shape index (κ1) is 15.3. The van der Waals surface area contributed by atoms with Crippen LogP contribution in [0.15, 0.2) is 30.5 Å². The minimum absolute atomic E-state index is 0.266. The Labute approximate surface area is 125 Å². The van der Waals surface area contributed by atoms with Crippen molar-refractivity contribution in [3.63, 3.8) is 0 Å². The van der Waals surface area contributed by atoms with Gasteiger partial charge in [-0.2, -0.15) is 0 Å². The first-order valence-electron chi connectivity index (χ1n) is 6.95. The van der Waals surface area contributed by atoms with E-state index in [1.807, 2.05) is 38.1 Å². The number of rotatable bonds is 6. The van der Waals surface area contributed by atoms with Gasteiger partial charge in [0.25, 0.3) is 0 Å². The monoisotopic (exact) mass is 287 g/mol. The van der Waals surface area contributed by atoms with Crippen LogP contribution < -0.4 is 15.2 Å². The van der Waals surface area contributed by atoms with Gasteiger partial charge in [-0.05, 0) is 17.7 Å². The maximum atomic E-state index is 5.79. The lowest BCUT2D eigenvalue weighted by Crippen LogP contribution is -2.09.